The van der Waals surface area contributed by atoms with E-state index < -0.39 is 9.84 Å². The van der Waals surface area contributed by atoms with Crippen LogP contribution in [0.15, 0.2) is 62.9 Å². The van der Waals surface area contributed by atoms with E-state index in [-0.39, 0.29) is 21.7 Å². The second kappa shape index (κ2) is 7.19. The molecule has 1 aliphatic heterocycles. The van der Waals surface area contributed by atoms with Crippen LogP contribution in [0.25, 0.3) is 11.5 Å². The molecule has 27 heavy (non-hydrogen) atoms. The Balaban J connectivity index is 1.85. The minimum absolute atomic E-state index is 0.0725. The summed E-state index contributed by atoms with van der Waals surface area (Å²) < 4.78 is 32.3. The molecular formula is C19H16Cl2N2O3S. The molecule has 4 rings (SSSR count). The number of nitrogens with zero attached hydrogens (tertiary/aromatic N) is 2. The first kappa shape index (κ1) is 18.3. The van der Waals surface area contributed by atoms with Crippen LogP contribution >= 0.6 is 23.2 Å². The zero-order chi connectivity index (χ0) is 19.0. The standard InChI is InChI=1S/C19H16Cl2N2O3S/c20-14-5-3-13(4-6-14)17-22-18(19(26-17)23-11-1-2-12-23)27(24,25)16-9-7-15(21)8-10-16/h3-10H,1-2,11-12H2. The van der Waals surface area contributed by atoms with E-state index in [1.54, 1.807) is 36.4 Å². The van der Waals surface area contributed by atoms with Gasteiger partial charge in [-0.1, -0.05) is 23.2 Å². The maximum atomic E-state index is 13.2. The van der Waals surface area contributed by atoms with Gasteiger partial charge >= 0.3 is 0 Å². The van der Waals surface area contributed by atoms with Gasteiger partial charge < -0.3 is 9.32 Å². The van der Waals surface area contributed by atoms with Gasteiger partial charge in [0, 0.05) is 28.7 Å². The average Bonchev–Trinajstić information content (AvgIpc) is 3.32. The number of hydrogen-bond donors (Lipinski definition) is 0. The summed E-state index contributed by atoms with van der Waals surface area (Å²) in [6, 6.07) is 13.0. The summed E-state index contributed by atoms with van der Waals surface area (Å²) >= 11 is 11.8. The predicted octanol–water partition coefficient (Wildman–Crippen LogP) is 5.08. The van der Waals surface area contributed by atoms with Crippen molar-refractivity contribution < 1.29 is 12.8 Å². The fourth-order valence-corrected chi connectivity index (χ4v) is 4.61. The molecule has 0 bridgehead atoms. The van der Waals surface area contributed by atoms with Gasteiger partial charge in [0.1, 0.15) is 0 Å². The van der Waals surface area contributed by atoms with Crippen LogP contribution in [0.5, 0.6) is 0 Å². The Bertz CT molecular complexity index is 1060. The van der Waals surface area contributed by atoms with Crippen molar-refractivity contribution in [3.63, 3.8) is 0 Å². The molecule has 0 unspecified atom stereocenters. The third-order valence-electron chi connectivity index (χ3n) is 4.44. The highest BCUT2D eigenvalue weighted by Crippen LogP contribution is 2.36. The van der Waals surface area contributed by atoms with Crippen LogP contribution in [0.3, 0.4) is 0 Å². The minimum atomic E-state index is -3.85. The Kier molecular flexibility index (Phi) is 4.88. The highest BCUT2D eigenvalue weighted by atomic mass is 35.5. The molecule has 0 spiro atoms. The van der Waals surface area contributed by atoms with E-state index in [9.17, 15) is 8.42 Å². The lowest BCUT2D eigenvalue weighted by Crippen LogP contribution is -2.19. The van der Waals surface area contributed by atoms with Gasteiger partial charge in [0.2, 0.25) is 26.6 Å². The third-order valence-corrected chi connectivity index (χ3v) is 6.61. The van der Waals surface area contributed by atoms with E-state index in [2.05, 4.69) is 4.98 Å². The lowest BCUT2D eigenvalue weighted by atomic mass is 10.2. The van der Waals surface area contributed by atoms with Crippen LogP contribution in [0, 0.1) is 0 Å². The third kappa shape index (κ3) is 3.57. The topological polar surface area (TPSA) is 63.4 Å². The maximum Gasteiger partial charge on any atom is 0.236 e. The molecule has 1 saturated heterocycles. The van der Waals surface area contributed by atoms with Crippen LogP contribution in [0.1, 0.15) is 12.8 Å². The Morgan fingerprint density at radius 3 is 2.04 bits per heavy atom. The second-order valence-electron chi connectivity index (χ2n) is 6.29. The number of hydrogen-bond acceptors (Lipinski definition) is 5. The van der Waals surface area contributed by atoms with Crippen molar-refractivity contribution in [1.29, 1.82) is 0 Å². The first-order valence-corrected chi connectivity index (χ1v) is 10.7. The van der Waals surface area contributed by atoms with Crippen LogP contribution < -0.4 is 4.90 Å². The molecule has 0 aliphatic carbocycles. The van der Waals surface area contributed by atoms with Crippen LogP contribution in [0.2, 0.25) is 10.0 Å². The van der Waals surface area contributed by atoms with Crippen molar-refractivity contribution in [1.82, 2.24) is 4.98 Å². The van der Waals surface area contributed by atoms with Gasteiger partial charge in [-0.25, -0.2) is 8.42 Å². The van der Waals surface area contributed by atoms with Crippen molar-refractivity contribution in [2.75, 3.05) is 18.0 Å². The molecule has 3 aromatic rings. The lowest BCUT2D eigenvalue weighted by molar-refractivity contribution is 0.556. The van der Waals surface area contributed by atoms with Gasteiger partial charge in [-0.15, -0.1) is 0 Å². The highest BCUT2D eigenvalue weighted by molar-refractivity contribution is 7.91. The average molecular weight is 423 g/mol. The van der Waals surface area contributed by atoms with Crippen LogP contribution in [-0.2, 0) is 9.84 Å². The molecule has 8 heteroatoms. The molecule has 2 heterocycles. The Morgan fingerprint density at radius 2 is 1.44 bits per heavy atom. The quantitative estimate of drug-likeness (QED) is 0.586. The predicted molar refractivity (Wildman–Crippen MR) is 105 cm³/mol. The van der Waals surface area contributed by atoms with Crippen molar-refractivity contribution in [3.05, 3.63) is 58.6 Å². The van der Waals surface area contributed by atoms with Crippen LogP contribution in [0.4, 0.5) is 5.88 Å². The van der Waals surface area contributed by atoms with Crippen molar-refractivity contribution >= 4 is 38.9 Å². The number of benzene rings is 2. The van der Waals surface area contributed by atoms with Gasteiger partial charge in [-0.2, -0.15) is 4.98 Å². The summed E-state index contributed by atoms with van der Waals surface area (Å²) in [6.07, 6.45) is 1.97. The molecule has 2 aromatic carbocycles. The van der Waals surface area contributed by atoms with E-state index in [1.807, 2.05) is 4.90 Å². The fourth-order valence-electron chi connectivity index (χ4n) is 3.03. The molecule has 0 atom stereocenters. The van der Waals surface area contributed by atoms with E-state index in [1.165, 1.54) is 12.1 Å². The molecule has 0 saturated carbocycles. The van der Waals surface area contributed by atoms with Crippen molar-refractivity contribution in [2.24, 2.45) is 0 Å². The van der Waals surface area contributed by atoms with Gasteiger partial charge in [-0.05, 0) is 61.4 Å². The summed E-state index contributed by atoms with van der Waals surface area (Å²) in [5.74, 6) is 0.536. The largest absolute Gasteiger partial charge is 0.419 e. The lowest BCUT2D eigenvalue weighted by Gasteiger charge is -2.14. The van der Waals surface area contributed by atoms with Gasteiger partial charge in [0.25, 0.3) is 0 Å². The van der Waals surface area contributed by atoms with Crippen molar-refractivity contribution in [3.8, 4) is 11.5 Å². The van der Waals surface area contributed by atoms with E-state index in [4.69, 9.17) is 27.6 Å². The maximum absolute atomic E-state index is 13.2. The Hall–Kier alpha value is -2.02. The SMILES string of the molecule is O=S(=O)(c1ccc(Cl)cc1)c1nc(-c2ccc(Cl)cc2)oc1N1CCCC1. The fraction of sp³-hybridized carbons (Fsp3) is 0.211. The monoisotopic (exact) mass is 422 g/mol. The number of sulfone groups is 1. The first-order valence-electron chi connectivity index (χ1n) is 8.47. The minimum Gasteiger partial charge on any atom is -0.419 e. The molecule has 0 N–H and O–H groups in total. The molecule has 1 fully saturated rings. The Labute approximate surface area is 167 Å². The zero-order valence-corrected chi connectivity index (χ0v) is 16.6. The zero-order valence-electron chi connectivity index (χ0n) is 14.2. The first-order chi connectivity index (χ1) is 12.9. The number of aromatic nitrogens is 1. The summed E-state index contributed by atoms with van der Waals surface area (Å²) in [4.78, 5) is 6.41. The second-order valence-corrected chi connectivity index (χ2v) is 9.03. The molecular weight excluding hydrogens is 407 g/mol. The van der Waals surface area contributed by atoms with Gasteiger partial charge in [0.15, 0.2) is 0 Å². The highest BCUT2D eigenvalue weighted by Gasteiger charge is 2.32. The van der Waals surface area contributed by atoms with Gasteiger partial charge in [0.05, 0.1) is 4.90 Å². The molecule has 1 aromatic heterocycles. The van der Waals surface area contributed by atoms with E-state index in [0.717, 1.165) is 25.9 Å². The van der Waals surface area contributed by atoms with Crippen molar-refractivity contribution in [2.45, 2.75) is 22.8 Å². The van der Waals surface area contributed by atoms with Crippen LogP contribution in [-0.4, -0.2) is 26.5 Å². The number of halogens is 2. The summed E-state index contributed by atoms with van der Waals surface area (Å²) in [5.41, 5.74) is 0.664. The normalized spacial score (nSPS) is 14.7. The number of rotatable bonds is 4. The number of oxazole rings is 1. The smallest absolute Gasteiger partial charge is 0.236 e. The Morgan fingerprint density at radius 1 is 0.889 bits per heavy atom. The van der Waals surface area contributed by atoms with E-state index >= 15 is 0 Å². The summed E-state index contributed by atoms with van der Waals surface area (Å²) in [6.45, 7) is 1.47. The summed E-state index contributed by atoms with van der Waals surface area (Å²) in [5, 5.41) is 0.978. The molecule has 1 aliphatic rings. The molecule has 5 nitrogen and oxygen atoms in total. The molecule has 0 radical (unpaired) electrons. The molecule has 0 amide bonds. The summed E-state index contributed by atoms with van der Waals surface area (Å²) in [7, 11) is -3.85. The number of anilines is 1. The van der Waals surface area contributed by atoms with E-state index in [0.29, 0.717) is 15.6 Å². The molecule has 140 valence electrons. The van der Waals surface area contributed by atoms with Gasteiger partial charge in [-0.3, -0.25) is 0 Å².